The minimum absolute atomic E-state index is 0.0267. The molecule has 0 radical (unpaired) electrons. The summed E-state index contributed by atoms with van der Waals surface area (Å²) in [5.41, 5.74) is 1.51. The number of anilines is 1. The number of carbonyl (C=O) groups excluding carboxylic acids is 1. The van der Waals surface area contributed by atoms with Crippen molar-refractivity contribution in [1.29, 1.82) is 0 Å². The van der Waals surface area contributed by atoms with E-state index in [0.717, 1.165) is 17.7 Å². The lowest BCUT2D eigenvalue weighted by Crippen LogP contribution is -2.12. The number of aromatic hydroxyl groups is 1. The molecule has 0 heterocycles. The van der Waals surface area contributed by atoms with E-state index in [4.69, 9.17) is 0 Å². The molecular formula is C13H19NO2. The summed E-state index contributed by atoms with van der Waals surface area (Å²) < 4.78 is 0. The quantitative estimate of drug-likeness (QED) is 0.768. The van der Waals surface area contributed by atoms with Gasteiger partial charge in [0.05, 0.1) is 0 Å². The number of aryl methyl sites for hydroxylation is 1. The van der Waals surface area contributed by atoms with E-state index in [0.29, 0.717) is 12.3 Å². The molecule has 0 bridgehead atoms. The van der Waals surface area contributed by atoms with Crippen LogP contribution in [0, 0.1) is 12.8 Å². The highest BCUT2D eigenvalue weighted by Crippen LogP contribution is 2.20. The highest BCUT2D eigenvalue weighted by atomic mass is 16.3. The molecule has 0 saturated carbocycles. The number of phenolic OH excluding ortho intramolecular Hbond substituents is 1. The van der Waals surface area contributed by atoms with Gasteiger partial charge in [-0.15, -0.1) is 0 Å². The summed E-state index contributed by atoms with van der Waals surface area (Å²) in [6.07, 6.45) is 1.43. The van der Waals surface area contributed by atoms with Crippen LogP contribution >= 0.6 is 0 Å². The molecule has 16 heavy (non-hydrogen) atoms. The van der Waals surface area contributed by atoms with Crippen molar-refractivity contribution >= 4 is 11.6 Å². The van der Waals surface area contributed by atoms with Crippen molar-refractivity contribution in [2.24, 2.45) is 5.92 Å². The first kappa shape index (κ1) is 12.6. The van der Waals surface area contributed by atoms with Gasteiger partial charge >= 0.3 is 0 Å². The third-order valence-electron chi connectivity index (χ3n) is 2.43. The molecule has 3 heteroatoms. The van der Waals surface area contributed by atoms with Gasteiger partial charge in [0.2, 0.25) is 5.91 Å². The summed E-state index contributed by atoms with van der Waals surface area (Å²) in [5, 5.41) is 12.2. The molecule has 0 fully saturated rings. The largest absolute Gasteiger partial charge is 0.508 e. The van der Waals surface area contributed by atoms with Crippen LogP contribution in [0.3, 0.4) is 0 Å². The normalized spacial score (nSPS) is 10.5. The molecule has 1 rings (SSSR count). The molecule has 1 aromatic rings. The Kier molecular flexibility index (Phi) is 4.35. The lowest BCUT2D eigenvalue weighted by Gasteiger charge is -2.08. The lowest BCUT2D eigenvalue weighted by atomic mass is 10.1. The molecular weight excluding hydrogens is 202 g/mol. The summed E-state index contributed by atoms with van der Waals surface area (Å²) in [5.74, 6) is 0.811. The predicted molar refractivity (Wildman–Crippen MR) is 65.5 cm³/mol. The molecule has 1 aromatic carbocycles. The van der Waals surface area contributed by atoms with Crippen LogP contribution in [-0.4, -0.2) is 11.0 Å². The zero-order chi connectivity index (χ0) is 12.1. The van der Waals surface area contributed by atoms with Crippen LogP contribution in [0.1, 0.15) is 32.3 Å². The Hall–Kier alpha value is -1.51. The number of carbonyl (C=O) groups is 1. The number of rotatable bonds is 4. The Morgan fingerprint density at radius 1 is 1.44 bits per heavy atom. The average Bonchev–Trinajstić information content (AvgIpc) is 2.21. The van der Waals surface area contributed by atoms with Gasteiger partial charge in [-0.1, -0.05) is 13.8 Å². The van der Waals surface area contributed by atoms with E-state index in [2.05, 4.69) is 19.2 Å². The molecule has 0 aliphatic rings. The van der Waals surface area contributed by atoms with E-state index in [1.54, 1.807) is 25.1 Å². The first-order valence-corrected chi connectivity index (χ1v) is 5.58. The molecule has 0 spiro atoms. The van der Waals surface area contributed by atoms with Crippen LogP contribution in [0.4, 0.5) is 5.69 Å². The van der Waals surface area contributed by atoms with Crippen LogP contribution in [-0.2, 0) is 4.79 Å². The van der Waals surface area contributed by atoms with Crippen LogP contribution in [0.15, 0.2) is 18.2 Å². The van der Waals surface area contributed by atoms with Gasteiger partial charge in [-0.3, -0.25) is 4.79 Å². The SMILES string of the molecule is Cc1cc(NC(=O)CCC(C)C)ccc1O. The minimum atomic E-state index is 0.0267. The monoisotopic (exact) mass is 221 g/mol. The summed E-state index contributed by atoms with van der Waals surface area (Å²) in [4.78, 5) is 11.5. The van der Waals surface area contributed by atoms with Gasteiger partial charge in [0.25, 0.3) is 0 Å². The lowest BCUT2D eigenvalue weighted by molar-refractivity contribution is -0.116. The summed E-state index contributed by atoms with van der Waals surface area (Å²) in [7, 11) is 0. The van der Waals surface area contributed by atoms with Gasteiger partial charge in [-0.2, -0.15) is 0 Å². The Morgan fingerprint density at radius 3 is 2.69 bits per heavy atom. The van der Waals surface area contributed by atoms with E-state index >= 15 is 0 Å². The smallest absolute Gasteiger partial charge is 0.224 e. The number of hydrogen-bond acceptors (Lipinski definition) is 2. The second-order valence-electron chi connectivity index (χ2n) is 4.48. The maximum Gasteiger partial charge on any atom is 0.224 e. The highest BCUT2D eigenvalue weighted by molar-refractivity contribution is 5.90. The van der Waals surface area contributed by atoms with Crippen LogP contribution in [0.5, 0.6) is 5.75 Å². The number of amides is 1. The maximum absolute atomic E-state index is 11.5. The fourth-order valence-corrected chi connectivity index (χ4v) is 1.38. The van der Waals surface area contributed by atoms with Crippen LogP contribution in [0.2, 0.25) is 0 Å². The number of phenols is 1. The molecule has 0 unspecified atom stereocenters. The maximum atomic E-state index is 11.5. The Balaban J connectivity index is 2.53. The first-order chi connectivity index (χ1) is 7.49. The van der Waals surface area contributed by atoms with Crippen LogP contribution < -0.4 is 5.32 Å². The molecule has 3 nitrogen and oxygen atoms in total. The van der Waals surface area contributed by atoms with Crippen molar-refractivity contribution in [3.63, 3.8) is 0 Å². The summed E-state index contributed by atoms with van der Waals surface area (Å²) >= 11 is 0. The number of nitrogens with one attached hydrogen (secondary N) is 1. The van der Waals surface area contributed by atoms with Gasteiger partial charge in [-0.05, 0) is 43.0 Å². The number of benzene rings is 1. The molecule has 0 aromatic heterocycles. The molecule has 0 saturated heterocycles. The molecule has 0 aliphatic heterocycles. The molecule has 1 amide bonds. The third kappa shape index (κ3) is 3.93. The van der Waals surface area contributed by atoms with E-state index < -0.39 is 0 Å². The van der Waals surface area contributed by atoms with Gasteiger partial charge in [-0.25, -0.2) is 0 Å². The molecule has 0 aliphatic carbocycles. The third-order valence-corrected chi connectivity index (χ3v) is 2.43. The van der Waals surface area contributed by atoms with Gasteiger partial charge in [0.1, 0.15) is 5.75 Å². The first-order valence-electron chi connectivity index (χ1n) is 5.58. The zero-order valence-electron chi connectivity index (χ0n) is 10.1. The minimum Gasteiger partial charge on any atom is -0.508 e. The number of hydrogen-bond donors (Lipinski definition) is 2. The predicted octanol–water partition coefficient (Wildman–Crippen LogP) is 3.08. The van der Waals surface area contributed by atoms with Crippen molar-refractivity contribution in [3.05, 3.63) is 23.8 Å². The Bertz CT molecular complexity index is 372. The second kappa shape index (κ2) is 5.54. The van der Waals surface area contributed by atoms with E-state index in [1.807, 2.05) is 0 Å². The molecule has 0 atom stereocenters. The van der Waals surface area contributed by atoms with E-state index in [9.17, 15) is 9.90 Å². The second-order valence-corrected chi connectivity index (χ2v) is 4.48. The zero-order valence-corrected chi connectivity index (χ0v) is 10.1. The van der Waals surface area contributed by atoms with Crippen molar-refractivity contribution in [1.82, 2.24) is 0 Å². The summed E-state index contributed by atoms with van der Waals surface area (Å²) in [6, 6.07) is 5.06. The highest BCUT2D eigenvalue weighted by Gasteiger charge is 2.05. The van der Waals surface area contributed by atoms with Gasteiger partial charge < -0.3 is 10.4 Å². The topological polar surface area (TPSA) is 49.3 Å². The van der Waals surface area contributed by atoms with E-state index in [1.165, 1.54) is 0 Å². The van der Waals surface area contributed by atoms with Gasteiger partial charge in [0.15, 0.2) is 0 Å². The molecule has 88 valence electrons. The van der Waals surface area contributed by atoms with Crippen molar-refractivity contribution in [2.75, 3.05) is 5.32 Å². The van der Waals surface area contributed by atoms with Crippen molar-refractivity contribution in [3.8, 4) is 5.75 Å². The fraction of sp³-hybridized carbons (Fsp3) is 0.462. The van der Waals surface area contributed by atoms with Crippen molar-refractivity contribution in [2.45, 2.75) is 33.6 Å². The van der Waals surface area contributed by atoms with Crippen LogP contribution in [0.25, 0.3) is 0 Å². The fourth-order valence-electron chi connectivity index (χ4n) is 1.38. The average molecular weight is 221 g/mol. The Morgan fingerprint density at radius 2 is 2.12 bits per heavy atom. The summed E-state index contributed by atoms with van der Waals surface area (Å²) in [6.45, 7) is 6.00. The van der Waals surface area contributed by atoms with E-state index in [-0.39, 0.29) is 11.7 Å². The van der Waals surface area contributed by atoms with Gasteiger partial charge in [0, 0.05) is 12.1 Å². The van der Waals surface area contributed by atoms with Crippen molar-refractivity contribution < 1.29 is 9.90 Å². The standard InChI is InChI=1S/C13H19NO2/c1-9(2)4-7-13(16)14-11-5-6-12(15)10(3)8-11/h5-6,8-9,15H,4,7H2,1-3H3,(H,14,16). The Labute approximate surface area is 96.5 Å². The molecule has 2 N–H and O–H groups in total.